The van der Waals surface area contributed by atoms with E-state index in [1.54, 1.807) is 48.8 Å². The second-order valence-electron chi connectivity index (χ2n) is 15.7. The molecule has 0 aliphatic rings. The van der Waals surface area contributed by atoms with Gasteiger partial charge in [0.1, 0.15) is 40.9 Å². The maximum absolute atomic E-state index is 11.4. The van der Waals surface area contributed by atoms with Crippen LogP contribution in [0.15, 0.2) is 178 Å². The Morgan fingerprint density at radius 3 is 1.73 bits per heavy atom. The van der Waals surface area contributed by atoms with Crippen molar-refractivity contribution in [3.05, 3.63) is 185 Å². The van der Waals surface area contributed by atoms with Gasteiger partial charge in [-0.3, -0.25) is 19.2 Å². The van der Waals surface area contributed by atoms with Crippen molar-refractivity contribution in [3.63, 3.8) is 0 Å². The van der Waals surface area contributed by atoms with Crippen LogP contribution in [0.3, 0.4) is 0 Å². The molecule has 0 spiro atoms. The van der Waals surface area contributed by atoms with Crippen LogP contribution in [0.25, 0.3) is 10.4 Å². The van der Waals surface area contributed by atoms with Gasteiger partial charge in [0.05, 0.1) is 46.6 Å². The average Bonchev–Trinajstić information content (AvgIpc) is 3.37. The van der Waals surface area contributed by atoms with Gasteiger partial charge in [-0.15, -0.1) is 5.10 Å². The van der Waals surface area contributed by atoms with Crippen LogP contribution >= 0.6 is 54.2 Å². The summed E-state index contributed by atoms with van der Waals surface area (Å²) in [7, 11) is -8.70. The first-order valence-electron chi connectivity index (χ1n) is 21.8. The van der Waals surface area contributed by atoms with Crippen molar-refractivity contribution >= 4 is 94.3 Å². The van der Waals surface area contributed by atoms with E-state index in [1.807, 2.05) is 104 Å². The Balaban J connectivity index is 0.00000608. The van der Waals surface area contributed by atoms with Crippen molar-refractivity contribution < 1.29 is 106 Å². The van der Waals surface area contributed by atoms with E-state index in [1.165, 1.54) is 4.78 Å². The zero-order chi connectivity index (χ0) is 52.3. The molecule has 0 saturated carbocycles. The zero-order valence-electron chi connectivity index (χ0n) is 41.3. The Bertz CT molecular complexity index is 2940. The SMILES string of the molecule is CN(COc1ccc(P(=NCOc2ccc(C=NN(C)[P+](=S)Oc3ccc(CCN(CP(=O)([O-])O)CP(=O)([O-])O)cc3)cc2)(c2ccccc2)c2ccccc2)cc1)N=Cc1ccc(OPP(P)N=[N+]=[N-])cc1.[Na+].[Na+]. The van der Waals surface area contributed by atoms with Gasteiger partial charge in [0, 0.05) is 34.4 Å². The number of rotatable bonds is 27. The maximum atomic E-state index is 11.4. The quantitative estimate of drug-likeness (QED) is 0.0110. The molecule has 2 N–H and O–H groups in total. The zero-order valence-corrected chi connectivity index (χ0v) is 52.8. The molecular formula is C46H51N9Na2O10P7S+. The van der Waals surface area contributed by atoms with E-state index in [-0.39, 0.29) is 94.0 Å². The van der Waals surface area contributed by atoms with E-state index in [0.29, 0.717) is 23.0 Å². The molecule has 0 aromatic heterocycles. The summed E-state index contributed by atoms with van der Waals surface area (Å²) < 4.78 is 53.7. The normalized spacial score (nSPS) is 13.6. The first kappa shape index (κ1) is 64.6. The molecule has 0 aliphatic heterocycles. The Morgan fingerprint density at radius 1 is 0.720 bits per heavy atom. The van der Waals surface area contributed by atoms with E-state index in [4.69, 9.17) is 40.6 Å². The number of hydrazone groups is 2. The molecular weight excluding hydrogens is 1130 g/mol. The van der Waals surface area contributed by atoms with E-state index in [2.05, 4.69) is 65.3 Å². The largest absolute Gasteiger partial charge is 1.00 e. The molecule has 0 heterocycles. The molecule has 0 radical (unpaired) electrons. The summed E-state index contributed by atoms with van der Waals surface area (Å²) in [5, 5.41) is 13.8. The summed E-state index contributed by atoms with van der Waals surface area (Å²) in [6, 6.07) is 50.2. The summed E-state index contributed by atoms with van der Waals surface area (Å²) in [6.07, 6.45) is 1.80. The fraction of sp³-hybridized carbons (Fsp3) is 0.174. The van der Waals surface area contributed by atoms with E-state index in [9.17, 15) is 28.7 Å². The van der Waals surface area contributed by atoms with Crippen LogP contribution in [0.1, 0.15) is 16.7 Å². The molecule has 382 valence electrons. The molecule has 0 fully saturated rings. The van der Waals surface area contributed by atoms with E-state index in [0.717, 1.165) is 37.5 Å². The molecule has 6 rings (SSSR count). The van der Waals surface area contributed by atoms with Crippen LogP contribution in [-0.2, 0) is 27.4 Å². The summed E-state index contributed by atoms with van der Waals surface area (Å²) in [5.74, 6) is 2.44. The van der Waals surface area contributed by atoms with Gasteiger partial charge in [0.2, 0.25) is 11.8 Å². The van der Waals surface area contributed by atoms with Crippen LogP contribution in [0.2, 0.25) is 0 Å². The molecule has 29 heteroatoms. The molecule has 0 amide bonds. The van der Waals surface area contributed by atoms with Crippen molar-refractivity contribution in [1.29, 1.82) is 0 Å². The minimum absolute atomic E-state index is 0. The van der Waals surface area contributed by atoms with Gasteiger partial charge in [-0.05, 0) is 114 Å². The van der Waals surface area contributed by atoms with Gasteiger partial charge in [0.15, 0.2) is 19.2 Å². The van der Waals surface area contributed by atoms with Gasteiger partial charge < -0.3 is 42.7 Å². The molecule has 0 bridgehead atoms. The summed E-state index contributed by atoms with van der Waals surface area (Å²) in [6.45, 7) is 0.223. The van der Waals surface area contributed by atoms with Gasteiger partial charge >= 0.3 is 66.2 Å². The van der Waals surface area contributed by atoms with Crippen molar-refractivity contribution in [2.75, 3.05) is 46.7 Å². The number of ether oxygens (including phenoxy) is 2. The maximum Gasteiger partial charge on any atom is 1.00 e. The number of hydrogen-bond acceptors (Lipinski definition) is 15. The predicted octanol–water partition coefficient (Wildman–Crippen LogP) is 2.86. The Kier molecular flexibility index (Phi) is 27.7. The van der Waals surface area contributed by atoms with Crippen molar-refractivity contribution in [2.24, 2.45) is 19.8 Å². The van der Waals surface area contributed by atoms with Gasteiger partial charge in [-0.25, -0.2) is 0 Å². The first-order valence-corrected chi connectivity index (χ1v) is 34.0. The van der Waals surface area contributed by atoms with Gasteiger partial charge in [0.25, 0.3) is 0 Å². The summed E-state index contributed by atoms with van der Waals surface area (Å²) >= 11 is 5.59. The van der Waals surface area contributed by atoms with Crippen molar-refractivity contribution in [2.45, 2.75) is 6.42 Å². The first-order chi connectivity index (χ1) is 35.0. The van der Waals surface area contributed by atoms with Gasteiger partial charge in [-0.1, -0.05) is 91.4 Å². The van der Waals surface area contributed by atoms with E-state index >= 15 is 0 Å². The number of nitrogens with zero attached hydrogens (tertiary/aromatic N) is 9. The second kappa shape index (κ2) is 32.2. The third kappa shape index (κ3) is 22.0. The predicted molar refractivity (Wildman–Crippen MR) is 298 cm³/mol. The topological polar surface area (TPSA) is 253 Å². The van der Waals surface area contributed by atoms with Crippen LogP contribution in [-0.4, -0.2) is 83.6 Å². The second-order valence-corrected chi connectivity index (χ2v) is 30.2. The molecule has 6 aromatic rings. The van der Waals surface area contributed by atoms with Crippen LogP contribution < -0.4 is 103 Å². The minimum Gasteiger partial charge on any atom is -0.778 e. The molecule has 19 nitrogen and oxygen atoms in total. The summed E-state index contributed by atoms with van der Waals surface area (Å²) in [4.78, 5) is 48.5. The van der Waals surface area contributed by atoms with Crippen LogP contribution in [0, 0.1) is 0 Å². The monoisotopic (exact) mass is 1180 g/mol. The number of benzene rings is 6. The third-order valence-corrected chi connectivity index (χ3v) is 20.4. The summed E-state index contributed by atoms with van der Waals surface area (Å²) in [5.41, 5.74) is 11.0. The van der Waals surface area contributed by atoms with Gasteiger partial charge in [-0.2, -0.15) is 5.10 Å². The Labute approximate surface area is 491 Å². The Hall–Kier alpha value is -2.93. The van der Waals surface area contributed by atoms with Crippen molar-refractivity contribution in [1.82, 2.24) is 14.7 Å². The molecule has 75 heavy (non-hydrogen) atoms. The standard InChI is InChI=1S/C46H52N9O10P7S.2Na/c1-53(48-31-38-17-21-42(22-18-38)64-67-68(66)52-51-47)34-63-41-25-27-46(28-26-41)72(44-9-5-3-6-10-44,45-11-7-4-8-12-45)50-33-62-40-19-15-39(16-20-40)32-49-54(2)69(73)65-43-23-13-37(14-24-43)29-30-55(35-70(56,57)58)36-71(59,60)61;;/h3-28,31-32,67H,29-30,33-36,66H2,1-2H3,(H3-,56,57,58,59,60,61);;/q;2*+1/p-1. The number of azide groups is 1. The minimum atomic E-state index is -4.80. The Morgan fingerprint density at radius 2 is 1.20 bits per heavy atom. The van der Waals surface area contributed by atoms with E-state index < -0.39 is 49.3 Å². The van der Waals surface area contributed by atoms with Crippen LogP contribution in [0.5, 0.6) is 23.0 Å². The molecule has 6 aromatic carbocycles. The number of hydrogen-bond donors (Lipinski definition) is 2. The molecule has 6 unspecified atom stereocenters. The van der Waals surface area contributed by atoms with Crippen LogP contribution in [0.4, 0.5) is 0 Å². The fourth-order valence-corrected chi connectivity index (χ4v) is 14.7. The molecule has 0 aliphatic carbocycles. The van der Waals surface area contributed by atoms with Crippen molar-refractivity contribution in [3.8, 4) is 23.0 Å². The fourth-order valence-electron chi connectivity index (χ4n) is 6.76. The third-order valence-electron chi connectivity index (χ3n) is 10.1. The smallest absolute Gasteiger partial charge is 0.778 e. The molecule has 0 saturated heterocycles. The molecule has 6 atom stereocenters. The average molecular weight is 1180 g/mol.